The van der Waals surface area contributed by atoms with Crippen LogP contribution in [0.5, 0.6) is 0 Å². The summed E-state index contributed by atoms with van der Waals surface area (Å²) in [6, 6.07) is 11.7. The van der Waals surface area contributed by atoms with Crippen LogP contribution in [0.2, 0.25) is 4.34 Å². The van der Waals surface area contributed by atoms with Gasteiger partial charge in [0, 0.05) is 15.6 Å². The number of aliphatic imine (C=N–C) groups is 1. The van der Waals surface area contributed by atoms with Crippen LogP contribution in [0, 0.1) is 0 Å². The highest BCUT2D eigenvalue weighted by atomic mass is 79.9. The Morgan fingerprint density at radius 3 is 2.47 bits per heavy atom. The summed E-state index contributed by atoms with van der Waals surface area (Å²) in [5.74, 6) is 0. The van der Waals surface area contributed by atoms with Crippen LogP contribution in [0.3, 0.4) is 0 Å². The lowest BCUT2D eigenvalue weighted by molar-refractivity contribution is 1.52. The molecule has 0 saturated heterocycles. The highest BCUT2D eigenvalue weighted by molar-refractivity contribution is 9.10. The van der Waals surface area contributed by atoms with Gasteiger partial charge in [0.25, 0.3) is 0 Å². The van der Waals surface area contributed by atoms with Crippen molar-refractivity contribution in [3.8, 4) is 0 Å². The van der Waals surface area contributed by atoms with E-state index in [4.69, 9.17) is 11.6 Å². The predicted octanol–water partition coefficient (Wildman–Crippen LogP) is 4.91. The summed E-state index contributed by atoms with van der Waals surface area (Å²) >= 11 is 10.7. The third-order valence-corrected chi connectivity index (χ3v) is 3.46. The normalized spacial score (nSPS) is 11.1. The van der Waals surface area contributed by atoms with E-state index in [2.05, 4.69) is 20.9 Å². The Kier molecular flexibility index (Phi) is 3.57. The van der Waals surface area contributed by atoms with Gasteiger partial charge in [-0.25, -0.2) is 0 Å². The lowest BCUT2D eigenvalue weighted by atomic mass is 10.3. The van der Waals surface area contributed by atoms with Gasteiger partial charge in [-0.15, -0.1) is 11.3 Å². The van der Waals surface area contributed by atoms with Gasteiger partial charge in [0.2, 0.25) is 0 Å². The van der Waals surface area contributed by atoms with Crippen molar-refractivity contribution in [3.05, 3.63) is 50.1 Å². The van der Waals surface area contributed by atoms with Crippen LogP contribution < -0.4 is 0 Å². The third-order valence-electron chi connectivity index (χ3n) is 1.76. The van der Waals surface area contributed by atoms with Crippen molar-refractivity contribution in [2.24, 2.45) is 4.99 Å². The topological polar surface area (TPSA) is 12.4 Å². The molecule has 0 unspecified atom stereocenters. The van der Waals surface area contributed by atoms with Gasteiger partial charge >= 0.3 is 0 Å². The second-order valence-electron chi connectivity index (χ2n) is 2.88. The summed E-state index contributed by atoms with van der Waals surface area (Å²) in [7, 11) is 0. The minimum absolute atomic E-state index is 0.784. The van der Waals surface area contributed by atoms with E-state index in [1.54, 1.807) is 0 Å². The Morgan fingerprint density at radius 2 is 1.87 bits per heavy atom. The second kappa shape index (κ2) is 4.92. The van der Waals surface area contributed by atoms with E-state index < -0.39 is 0 Å². The molecule has 0 saturated carbocycles. The van der Waals surface area contributed by atoms with Crippen LogP contribution in [-0.4, -0.2) is 6.21 Å². The highest BCUT2D eigenvalue weighted by Crippen LogP contribution is 2.21. The fourth-order valence-electron chi connectivity index (χ4n) is 1.06. The molecule has 2 aromatic rings. The van der Waals surface area contributed by atoms with E-state index >= 15 is 0 Å². The van der Waals surface area contributed by atoms with Crippen LogP contribution in [0.4, 0.5) is 5.69 Å². The summed E-state index contributed by atoms with van der Waals surface area (Å²) in [5, 5.41) is 0. The van der Waals surface area contributed by atoms with Crippen molar-refractivity contribution in [1.29, 1.82) is 0 Å². The maximum atomic E-state index is 5.81. The molecule has 0 aliphatic carbocycles. The average Bonchev–Trinajstić information content (AvgIpc) is 2.64. The largest absolute Gasteiger partial charge is 0.255 e. The fraction of sp³-hybridized carbons (Fsp3) is 0. The molecule has 4 heteroatoms. The summed E-state index contributed by atoms with van der Waals surface area (Å²) in [6.07, 6.45) is 1.82. The first-order chi connectivity index (χ1) is 7.24. The molecule has 0 fully saturated rings. The van der Waals surface area contributed by atoms with E-state index in [1.165, 1.54) is 11.3 Å². The van der Waals surface area contributed by atoms with Crippen molar-refractivity contribution < 1.29 is 0 Å². The number of hydrogen-bond acceptors (Lipinski definition) is 2. The Morgan fingerprint density at radius 1 is 1.13 bits per heavy atom. The smallest absolute Gasteiger partial charge is 0.0935 e. The highest BCUT2D eigenvalue weighted by Gasteiger charge is 1.93. The van der Waals surface area contributed by atoms with Gasteiger partial charge < -0.3 is 0 Å². The molecule has 0 atom stereocenters. The molecule has 0 N–H and O–H groups in total. The molecule has 0 aliphatic heterocycles. The first-order valence-electron chi connectivity index (χ1n) is 4.29. The maximum Gasteiger partial charge on any atom is 0.0935 e. The van der Waals surface area contributed by atoms with Gasteiger partial charge in [-0.2, -0.15) is 0 Å². The summed E-state index contributed by atoms with van der Waals surface area (Å²) in [6.45, 7) is 0. The lowest BCUT2D eigenvalue weighted by Gasteiger charge is -1.92. The Labute approximate surface area is 106 Å². The van der Waals surface area contributed by atoms with E-state index in [0.29, 0.717) is 0 Å². The number of benzene rings is 1. The van der Waals surface area contributed by atoms with E-state index in [0.717, 1.165) is 19.4 Å². The monoisotopic (exact) mass is 299 g/mol. The second-order valence-corrected chi connectivity index (χ2v) is 5.54. The van der Waals surface area contributed by atoms with Crippen LogP contribution in [-0.2, 0) is 0 Å². The molecule has 0 aliphatic rings. The molecular weight excluding hydrogens is 294 g/mol. The minimum atomic E-state index is 0.784. The van der Waals surface area contributed by atoms with Gasteiger partial charge in [0.05, 0.1) is 10.0 Å². The average molecular weight is 301 g/mol. The standard InChI is InChI=1S/C11H7BrClNS/c12-8-1-3-9(4-2-8)14-7-10-5-6-11(13)15-10/h1-7H. The predicted molar refractivity (Wildman–Crippen MR) is 70.7 cm³/mol. The molecule has 1 heterocycles. The molecule has 15 heavy (non-hydrogen) atoms. The molecule has 76 valence electrons. The zero-order valence-electron chi connectivity index (χ0n) is 7.65. The third kappa shape index (κ3) is 3.16. The number of thiophene rings is 1. The molecule has 1 aromatic carbocycles. The number of hydrogen-bond donors (Lipinski definition) is 0. The molecule has 2 rings (SSSR count). The van der Waals surface area contributed by atoms with Crippen LogP contribution in [0.1, 0.15) is 4.88 Å². The Hall–Kier alpha value is -0.640. The molecule has 1 nitrogen and oxygen atoms in total. The van der Waals surface area contributed by atoms with Gasteiger partial charge in [0.1, 0.15) is 0 Å². The van der Waals surface area contributed by atoms with Crippen LogP contribution in [0.25, 0.3) is 0 Å². The zero-order valence-corrected chi connectivity index (χ0v) is 10.8. The van der Waals surface area contributed by atoms with E-state index in [-0.39, 0.29) is 0 Å². The fourth-order valence-corrected chi connectivity index (χ4v) is 2.26. The molecule has 0 bridgehead atoms. The quantitative estimate of drug-likeness (QED) is 0.698. The number of nitrogens with zero attached hydrogens (tertiary/aromatic N) is 1. The van der Waals surface area contributed by atoms with Crippen LogP contribution >= 0.6 is 38.9 Å². The Bertz CT molecular complexity index is 476. The van der Waals surface area contributed by atoms with Gasteiger partial charge in [-0.1, -0.05) is 27.5 Å². The van der Waals surface area contributed by atoms with Crippen molar-refractivity contribution >= 4 is 50.8 Å². The Balaban J connectivity index is 2.14. The van der Waals surface area contributed by atoms with Gasteiger partial charge in [-0.3, -0.25) is 4.99 Å². The molecule has 0 amide bonds. The van der Waals surface area contributed by atoms with E-state index in [9.17, 15) is 0 Å². The lowest BCUT2D eigenvalue weighted by Crippen LogP contribution is -1.71. The van der Waals surface area contributed by atoms with Crippen LogP contribution in [0.15, 0.2) is 45.9 Å². The number of rotatable bonds is 2. The summed E-state index contributed by atoms with van der Waals surface area (Å²) in [4.78, 5) is 5.40. The van der Waals surface area contributed by atoms with Crippen molar-refractivity contribution in [1.82, 2.24) is 0 Å². The van der Waals surface area contributed by atoms with E-state index in [1.807, 2.05) is 42.6 Å². The molecule has 0 spiro atoms. The van der Waals surface area contributed by atoms with Crippen molar-refractivity contribution in [3.63, 3.8) is 0 Å². The van der Waals surface area contributed by atoms with Gasteiger partial charge in [-0.05, 0) is 36.4 Å². The van der Waals surface area contributed by atoms with Crippen molar-refractivity contribution in [2.45, 2.75) is 0 Å². The first kappa shape index (κ1) is 10.9. The first-order valence-corrected chi connectivity index (χ1v) is 6.28. The summed E-state index contributed by atoms with van der Waals surface area (Å²) < 4.78 is 1.84. The zero-order chi connectivity index (χ0) is 10.7. The minimum Gasteiger partial charge on any atom is -0.255 e. The maximum absolute atomic E-state index is 5.81. The number of halogens is 2. The van der Waals surface area contributed by atoms with Crippen molar-refractivity contribution in [2.75, 3.05) is 0 Å². The summed E-state index contributed by atoms with van der Waals surface area (Å²) in [5.41, 5.74) is 0.933. The molecule has 1 aromatic heterocycles. The van der Waals surface area contributed by atoms with Gasteiger partial charge in [0.15, 0.2) is 0 Å². The molecular formula is C11H7BrClNS. The molecule has 0 radical (unpaired) electrons. The SMILES string of the molecule is Clc1ccc(C=Nc2ccc(Br)cc2)s1.